The number of carbonyl (C=O) groups excluding carboxylic acids is 1. The van der Waals surface area contributed by atoms with Crippen LogP contribution in [0.25, 0.3) is 0 Å². The third-order valence-corrected chi connectivity index (χ3v) is 4.74. The molecule has 1 nitrogen and oxygen atoms in total. The van der Waals surface area contributed by atoms with Crippen molar-refractivity contribution >= 4 is 49.0 Å². The summed E-state index contributed by atoms with van der Waals surface area (Å²) in [6.07, 6.45) is 0.456. The first-order valence-corrected chi connectivity index (χ1v) is 7.55. The van der Waals surface area contributed by atoms with Crippen molar-refractivity contribution in [1.29, 1.82) is 0 Å². The van der Waals surface area contributed by atoms with Gasteiger partial charge < -0.3 is 0 Å². The van der Waals surface area contributed by atoms with E-state index >= 15 is 0 Å². The van der Waals surface area contributed by atoms with E-state index in [1.54, 1.807) is 11.3 Å². The molecule has 2 rings (SSSR count). The van der Waals surface area contributed by atoms with E-state index in [1.807, 2.05) is 36.6 Å². The van der Waals surface area contributed by atoms with Gasteiger partial charge in [-0.25, -0.2) is 0 Å². The molecule has 2 aromatic rings. The Morgan fingerprint density at radius 1 is 1.29 bits per heavy atom. The third-order valence-electron chi connectivity index (χ3n) is 2.38. The number of rotatable bonds is 3. The number of halogens is 2. The van der Waals surface area contributed by atoms with E-state index < -0.39 is 0 Å². The van der Waals surface area contributed by atoms with Crippen LogP contribution in [0.2, 0.25) is 0 Å². The number of Topliss-reactive ketones (excluding diaryl/α,β-unsaturated/α-hetero) is 1. The smallest absolute Gasteiger partial charge is 0.169 e. The third kappa shape index (κ3) is 3.27. The highest BCUT2D eigenvalue weighted by Gasteiger charge is 2.11. The maximum absolute atomic E-state index is 12.1. The molecule has 0 atom stereocenters. The summed E-state index contributed by atoms with van der Waals surface area (Å²) in [4.78, 5) is 13.2. The van der Waals surface area contributed by atoms with Crippen LogP contribution in [0.15, 0.2) is 38.6 Å². The second-order valence-electron chi connectivity index (χ2n) is 3.81. The van der Waals surface area contributed by atoms with E-state index in [-0.39, 0.29) is 5.78 Å². The maximum atomic E-state index is 12.1. The minimum absolute atomic E-state index is 0.145. The molecular weight excluding hydrogens is 364 g/mol. The molecule has 0 unspecified atom stereocenters. The second-order valence-corrected chi connectivity index (χ2v) is 6.58. The summed E-state index contributed by atoms with van der Waals surface area (Å²) in [5, 5.41) is 1.99. The van der Waals surface area contributed by atoms with Crippen molar-refractivity contribution in [2.45, 2.75) is 13.3 Å². The summed E-state index contributed by atoms with van der Waals surface area (Å²) in [6, 6.07) is 7.80. The summed E-state index contributed by atoms with van der Waals surface area (Å²) >= 11 is 8.43. The van der Waals surface area contributed by atoms with Gasteiger partial charge in [0, 0.05) is 31.2 Å². The molecule has 0 spiro atoms. The lowest BCUT2D eigenvalue weighted by Crippen LogP contribution is -2.03. The molecule has 1 aromatic carbocycles. The predicted molar refractivity (Wildman–Crippen MR) is 78.9 cm³/mol. The van der Waals surface area contributed by atoms with Crippen molar-refractivity contribution in [2.75, 3.05) is 0 Å². The van der Waals surface area contributed by atoms with Crippen molar-refractivity contribution in [2.24, 2.45) is 0 Å². The molecular formula is C13H10Br2OS. The van der Waals surface area contributed by atoms with Crippen LogP contribution in [0, 0.1) is 6.92 Å². The first-order valence-electron chi connectivity index (χ1n) is 5.08. The van der Waals surface area contributed by atoms with Crippen LogP contribution in [0.1, 0.15) is 20.8 Å². The predicted octanol–water partition coefficient (Wildman–Crippen LogP) is 5.01. The molecule has 0 aliphatic rings. The van der Waals surface area contributed by atoms with Gasteiger partial charge in [-0.1, -0.05) is 22.0 Å². The van der Waals surface area contributed by atoms with Crippen LogP contribution in [0.3, 0.4) is 0 Å². The van der Waals surface area contributed by atoms with Gasteiger partial charge in [-0.2, -0.15) is 0 Å². The number of aryl methyl sites for hydroxylation is 1. The molecule has 0 amide bonds. The molecule has 1 aromatic heterocycles. The summed E-state index contributed by atoms with van der Waals surface area (Å²) in [6.45, 7) is 2.01. The van der Waals surface area contributed by atoms with Gasteiger partial charge in [0.1, 0.15) is 0 Å². The average Bonchev–Trinajstić information content (AvgIpc) is 2.63. The van der Waals surface area contributed by atoms with Crippen molar-refractivity contribution in [3.63, 3.8) is 0 Å². The molecule has 0 fully saturated rings. The Bertz CT molecular complexity index is 560. The minimum Gasteiger partial charge on any atom is -0.294 e. The van der Waals surface area contributed by atoms with Crippen LogP contribution in [-0.2, 0) is 6.42 Å². The Hall–Kier alpha value is -0.450. The Morgan fingerprint density at radius 3 is 2.65 bits per heavy atom. The molecule has 0 bridgehead atoms. The molecule has 0 N–H and O–H groups in total. The summed E-state index contributed by atoms with van der Waals surface area (Å²) in [5.41, 5.74) is 1.90. The first-order chi connectivity index (χ1) is 8.06. The quantitative estimate of drug-likeness (QED) is 0.691. The highest BCUT2D eigenvalue weighted by Crippen LogP contribution is 2.24. The van der Waals surface area contributed by atoms with E-state index in [0.29, 0.717) is 6.42 Å². The van der Waals surface area contributed by atoms with E-state index in [9.17, 15) is 4.79 Å². The van der Waals surface area contributed by atoms with Crippen LogP contribution >= 0.6 is 43.2 Å². The van der Waals surface area contributed by atoms with E-state index in [2.05, 4.69) is 31.9 Å². The molecule has 88 valence electrons. The number of hydrogen-bond acceptors (Lipinski definition) is 2. The monoisotopic (exact) mass is 372 g/mol. The lowest BCUT2D eigenvalue weighted by molar-refractivity contribution is 0.0993. The van der Waals surface area contributed by atoms with Crippen LogP contribution in [-0.4, -0.2) is 5.78 Å². The fraction of sp³-hybridized carbons (Fsp3) is 0.154. The lowest BCUT2D eigenvalue weighted by Gasteiger charge is -2.03. The van der Waals surface area contributed by atoms with Crippen molar-refractivity contribution in [3.05, 3.63) is 54.6 Å². The average molecular weight is 374 g/mol. The summed E-state index contributed by atoms with van der Waals surface area (Å²) < 4.78 is 1.91. The highest BCUT2D eigenvalue weighted by atomic mass is 79.9. The Kier molecular flexibility index (Phi) is 4.17. The molecule has 1 heterocycles. The minimum atomic E-state index is 0.145. The number of carbonyl (C=O) groups is 1. The van der Waals surface area contributed by atoms with Crippen molar-refractivity contribution in [1.82, 2.24) is 0 Å². The van der Waals surface area contributed by atoms with E-state index in [0.717, 1.165) is 24.9 Å². The second kappa shape index (κ2) is 5.46. The van der Waals surface area contributed by atoms with E-state index in [1.165, 1.54) is 0 Å². The number of thiophene rings is 1. The van der Waals surface area contributed by atoms with Gasteiger partial charge in [0.05, 0.1) is 0 Å². The Balaban J connectivity index is 2.20. The van der Waals surface area contributed by atoms with Gasteiger partial charge in [-0.15, -0.1) is 11.3 Å². The summed E-state index contributed by atoms with van der Waals surface area (Å²) in [5.74, 6) is 0.145. The summed E-state index contributed by atoms with van der Waals surface area (Å²) in [7, 11) is 0. The highest BCUT2D eigenvalue weighted by molar-refractivity contribution is 9.10. The van der Waals surface area contributed by atoms with Gasteiger partial charge in [0.25, 0.3) is 0 Å². The standard InChI is InChI=1S/C13H10Br2OS/c1-8-2-3-11(12(15)4-8)13(16)6-10-5-9(14)7-17-10/h2-5,7H,6H2,1H3. The zero-order chi connectivity index (χ0) is 12.4. The molecule has 0 aliphatic heterocycles. The normalized spacial score (nSPS) is 10.5. The van der Waals surface area contributed by atoms with Crippen molar-refractivity contribution in [3.8, 4) is 0 Å². The zero-order valence-corrected chi connectivity index (χ0v) is 13.2. The van der Waals surface area contributed by atoms with Gasteiger partial charge in [0.2, 0.25) is 0 Å². The van der Waals surface area contributed by atoms with Gasteiger partial charge in [-0.3, -0.25) is 4.79 Å². The van der Waals surface area contributed by atoms with Gasteiger partial charge in [-0.05, 0) is 46.6 Å². The lowest BCUT2D eigenvalue weighted by atomic mass is 10.1. The van der Waals surface area contributed by atoms with Crippen LogP contribution in [0.5, 0.6) is 0 Å². The first kappa shape index (κ1) is 13.0. The van der Waals surface area contributed by atoms with E-state index in [4.69, 9.17) is 0 Å². The van der Waals surface area contributed by atoms with Crippen molar-refractivity contribution < 1.29 is 4.79 Å². The topological polar surface area (TPSA) is 17.1 Å². The molecule has 0 saturated heterocycles. The fourth-order valence-corrected chi connectivity index (χ4v) is 3.71. The molecule has 0 aliphatic carbocycles. The molecule has 0 radical (unpaired) electrons. The SMILES string of the molecule is Cc1ccc(C(=O)Cc2cc(Br)cs2)c(Br)c1. The largest absolute Gasteiger partial charge is 0.294 e. The fourth-order valence-electron chi connectivity index (χ4n) is 1.55. The van der Waals surface area contributed by atoms with Crippen LogP contribution in [0.4, 0.5) is 0 Å². The number of hydrogen-bond donors (Lipinski definition) is 0. The molecule has 0 saturated carbocycles. The Morgan fingerprint density at radius 2 is 2.06 bits per heavy atom. The molecule has 17 heavy (non-hydrogen) atoms. The maximum Gasteiger partial charge on any atom is 0.169 e. The molecule has 4 heteroatoms. The van der Waals surface area contributed by atoms with Gasteiger partial charge in [0.15, 0.2) is 5.78 Å². The zero-order valence-electron chi connectivity index (χ0n) is 9.17. The van der Waals surface area contributed by atoms with Gasteiger partial charge >= 0.3 is 0 Å². The Labute approximate surface area is 121 Å². The number of benzene rings is 1. The number of ketones is 1. The van der Waals surface area contributed by atoms with Crippen LogP contribution < -0.4 is 0 Å².